The van der Waals surface area contributed by atoms with Crippen LogP contribution < -0.4 is 5.32 Å². The van der Waals surface area contributed by atoms with E-state index < -0.39 is 11.9 Å². The minimum absolute atomic E-state index is 0.105. The third-order valence-corrected chi connectivity index (χ3v) is 3.26. The molecule has 19 heavy (non-hydrogen) atoms. The Bertz CT molecular complexity index is 659. The monoisotopic (exact) mass is 319 g/mol. The Morgan fingerprint density at radius 3 is 2.68 bits per heavy atom. The molecule has 6 nitrogen and oxygen atoms in total. The SMILES string of the molecule is CCOC(=O)C(=O)Nc1c(Cl)cc(Cl)c2nsnc12. The first-order valence-corrected chi connectivity index (χ1v) is 6.61. The molecule has 0 unspecified atom stereocenters. The molecule has 2 rings (SSSR count). The number of esters is 1. The van der Waals surface area contributed by atoms with Crippen LogP contribution in [-0.2, 0) is 14.3 Å². The van der Waals surface area contributed by atoms with E-state index in [4.69, 9.17) is 23.2 Å². The highest BCUT2D eigenvalue weighted by atomic mass is 35.5. The van der Waals surface area contributed by atoms with Crippen molar-refractivity contribution < 1.29 is 14.3 Å². The molecule has 1 amide bonds. The summed E-state index contributed by atoms with van der Waals surface area (Å²) in [5.41, 5.74) is 0.934. The van der Waals surface area contributed by atoms with Crippen LogP contribution in [0.3, 0.4) is 0 Å². The molecule has 1 aromatic carbocycles. The lowest BCUT2D eigenvalue weighted by atomic mass is 10.2. The van der Waals surface area contributed by atoms with Crippen molar-refractivity contribution in [2.45, 2.75) is 6.92 Å². The molecule has 0 atom stereocenters. The van der Waals surface area contributed by atoms with Crippen LogP contribution in [0.1, 0.15) is 6.92 Å². The predicted molar refractivity (Wildman–Crippen MR) is 72.7 cm³/mol. The van der Waals surface area contributed by atoms with E-state index in [0.29, 0.717) is 16.1 Å². The Kier molecular flexibility index (Phi) is 4.18. The topological polar surface area (TPSA) is 81.2 Å². The van der Waals surface area contributed by atoms with Gasteiger partial charge in [0.1, 0.15) is 11.0 Å². The number of nitrogens with zero attached hydrogens (tertiary/aromatic N) is 2. The van der Waals surface area contributed by atoms with Gasteiger partial charge in [-0.15, -0.1) is 0 Å². The van der Waals surface area contributed by atoms with Gasteiger partial charge in [0.15, 0.2) is 0 Å². The van der Waals surface area contributed by atoms with E-state index in [9.17, 15) is 9.59 Å². The number of halogens is 2. The molecule has 0 aliphatic heterocycles. The lowest BCUT2D eigenvalue weighted by Crippen LogP contribution is -2.25. The molecule has 0 aliphatic carbocycles. The first-order valence-electron chi connectivity index (χ1n) is 5.13. The average Bonchev–Trinajstić information content (AvgIpc) is 2.84. The standard InChI is InChI=1S/C10H7Cl2N3O3S/c1-2-18-10(17)9(16)13-6-4(11)3-5(12)7-8(6)15-19-14-7/h3H,2H2,1H3,(H,13,16). The predicted octanol–water partition coefficient (Wildman–Crippen LogP) is 2.50. The van der Waals surface area contributed by atoms with Gasteiger partial charge in [-0.1, -0.05) is 23.2 Å². The zero-order chi connectivity index (χ0) is 14.0. The average molecular weight is 320 g/mol. The summed E-state index contributed by atoms with van der Waals surface area (Å²) in [5, 5.41) is 2.84. The number of anilines is 1. The molecule has 1 heterocycles. The molecule has 1 aromatic heterocycles. The Hall–Kier alpha value is -1.44. The Morgan fingerprint density at radius 1 is 1.32 bits per heavy atom. The highest BCUT2D eigenvalue weighted by molar-refractivity contribution is 7.00. The van der Waals surface area contributed by atoms with Gasteiger partial charge in [0.05, 0.1) is 34.1 Å². The molecular weight excluding hydrogens is 313 g/mol. The number of aromatic nitrogens is 2. The molecule has 0 fully saturated rings. The molecule has 0 saturated heterocycles. The Balaban J connectivity index is 2.38. The molecule has 0 radical (unpaired) electrons. The second-order valence-corrected chi connectivity index (χ2v) is 4.69. The maximum absolute atomic E-state index is 11.6. The highest BCUT2D eigenvalue weighted by Gasteiger charge is 2.20. The maximum atomic E-state index is 11.6. The zero-order valence-corrected chi connectivity index (χ0v) is 11.9. The fourth-order valence-corrected chi connectivity index (χ4v) is 2.51. The van der Waals surface area contributed by atoms with Crippen molar-refractivity contribution in [3.63, 3.8) is 0 Å². The van der Waals surface area contributed by atoms with Crippen LogP contribution in [0.25, 0.3) is 11.0 Å². The second kappa shape index (κ2) is 5.68. The fraction of sp³-hybridized carbons (Fsp3) is 0.200. The number of fused-ring (bicyclic) bond motifs is 1. The third kappa shape index (κ3) is 2.78. The van der Waals surface area contributed by atoms with E-state index in [1.165, 1.54) is 6.07 Å². The number of amides is 1. The van der Waals surface area contributed by atoms with Gasteiger partial charge in [0.2, 0.25) is 0 Å². The number of rotatable bonds is 2. The van der Waals surface area contributed by atoms with Gasteiger partial charge in [-0.25, -0.2) is 4.79 Å². The van der Waals surface area contributed by atoms with Crippen LogP contribution in [0.15, 0.2) is 6.07 Å². The summed E-state index contributed by atoms with van der Waals surface area (Å²) in [6, 6.07) is 1.42. The van der Waals surface area contributed by atoms with Crippen molar-refractivity contribution in [2.24, 2.45) is 0 Å². The van der Waals surface area contributed by atoms with Crippen molar-refractivity contribution in [3.8, 4) is 0 Å². The summed E-state index contributed by atoms with van der Waals surface area (Å²) in [4.78, 5) is 22.8. The van der Waals surface area contributed by atoms with Gasteiger partial charge in [-0.3, -0.25) is 4.79 Å². The van der Waals surface area contributed by atoms with Crippen molar-refractivity contribution >= 4 is 63.5 Å². The van der Waals surface area contributed by atoms with E-state index in [2.05, 4.69) is 18.8 Å². The van der Waals surface area contributed by atoms with Crippen molar-refractivity contribution in [2.75, 3.05) is 11.9 Å². The van der Waals surface area contributed by atoms with Crippen LogP contribution in [-0.4, -0.2) is 27.2 Å². The first kappa shape index (κ1) is 14.0. The van der Waals surface area contributed by atoms with E-state index >= 15 is 0 Å². The Morgan fingerprint density at radius 2 is 2.00 bits per heavy atom. The summed E-state index contributed by atoms with van der Waals surface area (Å²) in [6.07, 6.45) is 0. The normalized spacial score (nSPS) is 10.5. The Labute approximate surface area is 122 Å². The van der Waals surface area contributed by atoms with Crippen LogP contribution >= 0.6 is 34.9 Å². The van der Waals surface area contributed by atoms with Crippen LogP contribution in [0.5, 0.6) is 0 Å². The smallest absolute Gasteiger partial charge is 0.397 e. The quantitative estimate of drug-likeness (QED) is 0.679. The largest absolute Gasteiger partial charge is 0.459 e. The number of hydrogen-bond donors (Lipinski definition) is 1. The minimum Gasteiger partial charge on any atom is -0.459 e. The van der Waals surface area contributed by atoms with Crippen LogP contribution in [0.4, 0.5) is 5.69 Å². The van der Waals surface area contributed by atoms with Crippen molar-refractivity contribution in [1.29, 1.82) is 0 Å². The van der Waals surface area contributed by atoms with E-state index in [-0.39, 0.29) is 17.3 Å². The third-order valence-electron chi connectivity index (χ3n) is 2.14. The number of benzene rings is 1. The molecule has 1 N–H and O–H groups in total. The van der Waals surface area contributed by atoms with Crippen molar-refractivity contribution in [3.05, 3.63) is 16.1 Å². The van der Waals surface area contributed by atoms with E-state index in [1.54, 1.807) is 6.92 Å². The van der Waals surface area contributed by atoms with Crippen LogP contribution in [0.2, 0.25) is 10.0 Å². The first-order chi connectivity index (χ1) is 9.04. The summed E-state index contributed by atoms with van der Waals surface area (Å²) in [6.45, 7) is 1.71. The van der Waals surface area contributed by atoms with Gasteiger partial charge in [-0.05, 0) is 13.0 Å². The lowest BCUT2D eigenvalue weighted by Gasteiger charge is -2.07. The highest BCUT2D eigenvalue weighted by Crippen LogP contribution is 2.35. The number of carbonyl (C=O) groups excluding carboxylic acids is 2. The summed E-state index contributed by atoms with van der Waals surface area (Å²) in [5.74, 6) is -1.93. The minimum atomic E-state index is -0.996. The lowest BCUT2D eigenvalue weighted by molar-refractivity contribution is -0.152. The maximum Gasteiger partial charge on any atom is 0.397 e. The summed E-state index contributed by atoms with van der Waals surface area (Å²) < 4.78 is 12.6. The molecule has 0 bridgehead atoms. The fourth-order valence-electron chi connectivity index (χ4n) is 1.35. The van der Waals surface area contributed by atoms with Gasteiger partial charge in [0.25, 0.3) is 0 Å². The molecule has 0 spiro atoms. The van der Waals surface area contributed by atoms with Crippen molar-refractivity contribution in [1.82, 2.24) is 8.75 Å². The van der Waals surface area contributed by atoms with Gasteiger partial charge >= 0.3 is 11.9 Å². The number of carbonyl (C=O) groups is 2. The van der Waals surface area contributed by atoms with Gasteiger partial charge in [-0.2, -0.15) is 8.75 Å². The second-order valence-electron chi connectivity index (χ2n) is 3.35. The van der Waals surface area contributed by atoms with Gasteiger partial charge in [0, 0.05) is 0 Å². The van der Waals surface area contributed by atoms with Crippen LogP contribution in [0, 0.1) is 0 Å². The molecule has 2 aromatic rings. The van der Waals surface area contributed by atoms with Gasteiger partial charge < -0.3 is 10.1 Å². The van der Waals surface area contributed by atoms with E-state index in [0.717, 1.165) is 11.7 Å². The molecule has 100 valence electrons. The zero-order valence-electron chi connectivity index (χ0n) is 9.57. The summed E-state index contributed by atoms with van der Waals surface area (Å²) >= 11 is 12.8. The summed E-state index contributed by atoms with van der Waals surface area (Å²) in [7, 11) is 0. The molecular formula is C10H7Cl2N3O3S. The van der Waals surface area contributed by atoms with E-state index in [1.807, 2.05) is 0 Å². The number of ether oxygens (including phenoxy) is 1. The number of nitrogens with one attached hydrogen (secondary N) is 1. The molecule has 9 heteroatoms. The molecule has 0 aliphatic rings. The molecule has 0 saturated carbocycles. The number of hydrogen-bond acceptors (Lipinski definition) is 6.